The van der Waals surface area contributed by atoms with Crippen molar-refractivity contribution in [1.29, 1.82) is 0 Å². The Bertz CT molecular complexity index is 2020. The van der Waals surface area contributed by atoms with Crippen molar-refractivity contribution in [2.75, 3.05) is 17.2 Å². The van der Waals surface area contributed by atoms with Crippen LogP contribution in [-0.2, 0) is 17.5 Å². The largest absolute Gasteiger partial charge is 0.490 e. The molecule has 5 heterocycles. The van der Waals surface area contributed by atoms with Gasteiger partial charge in [-0.2, -0.15) is 36.3 Å². The predicted octanol–water partition coefficient (Wildman–Crippen LogP) is 5.61. The van der Waals surface area contributed by atoms with Crippen LogP contribution in [0, 0.1) is 13.8 Å². The number of hydrogen-bond acceptors (Lipinski definition) is 9. The Balaban J connectivity index is 0.000000559. The molecule has 2 aromatic heterocycles. The van der Waals surface area contributed by atoms with Crippen molar-refractivity contribution in [1.82, 2.24) is 24.7 Å². The zero-order chi connectivity index (χ0) is 34.1. The number of halogens is 6. The molecule has 0 fully saturated rings. The first kappa shape index (κ1) is 32.6. The van der Waals surface area contributed by atoms with E-state index in [9.17, 15) is 31.1 Å². The lowest BCUT2D eigenvalue weighted by molar-refractivity contribution is -0.192. The van der Waals surface area contributed by atoms with Crippen LogP contribution in [0.5, 0.6) is 0 Å². The van der Waals surface area contributed by atoms with Crippen molar-refractivity contribution in [3.8, 4) is 22.5 Å². The third kappa shape index (κ3) is 7.37. The lowest BCUT2D eigenvalue weighted by Gasteiger charge is -2.19. The maximum atomic E-state index is 13.1. The second kappa shape index (κ2) is 12.5. The van der Waals surface area contributed by atoms with Gasteiger partial charge in [-0.25, -0.2) is 9.78 Å². The molecular weight excluding hydrogens is 638 g/mol. The number of carbonyl (C=O) groups is 2. The molecule has 3 aromatic rings. The van der Waals surface area contributed by atoms with Gasteiger partial charge in [0.25, 0.3) is 17.4 Å². The number of alkyl halides is 6. The van der Waals surface area contributed by atoms with Crippen LogP contribution in [0.3, 0.4) is 0 Å². The van der Waals surface area contributed by atoms with Gasteiger partial charge in [-0.1, -0.05) is 11.2 Å². The molecule has 18 heteroatoms. The highest BCUT2D eigenvalue weighted by Gasteiger charge is 2.38. The van der Waals surface area contributed by atoms with E-state index in [2.05, 4.69) is 35.7 Å². The molecule has 244 valence electrons. The zero-order valence-corrected chi connectivity index (χ0v) is 24.2. The summed E-state index contributed by atoms with van der Waals surface area (Å²) in [5.41, 5.74) is 3.45. The number of hydrogen-bond donors (Lipinski definition) is 3. The molecule has 1 aromatic carbocycles. The normalized spacial score (nSPS) is 13.1. The highest BCUT2D eigenvalue weighted by molar-refractivity contribution is 6.03. The Morgan fingerprint density at radius 3 is 2.43 bits per heavy atom. The molecule has 12 nitrogen and oxygen atoms in total. The minimum atomic E-state index is -5.08. The van der Waals surface area contributed by atoms with Crippen molar-refractivity contribution >= 4 is 29.3 Å². The molecule has 0 spiro atoms. The zero-order valence-electron chi connectivity index (χ0n) is 24.2. The lowest BCUT2D eigenvalue weighted by atomic mass is 9.98. The molecule has 0 atom stereocenters. The summed E-state index contributed by atoms with van der Waals surface area (Å²) in [5, 5.41) is 17.0. The van der Waals surface area contributed by atoms with Crippen LogP contribution in [0.15, 0.2) is 64.4 Å². The number of nitrogens with one attached hydrogen (secondary N) is 2. The third-order valence-corrected chi connectivity index (χ3v) is 6.67. The van der Waals surface area contributed by atoms with Crippen LogP contribution in [0.25, 0.3) is 22.5 Å². The van der Waals surface area contributed by atoms with Crippen LogP contribution in [0.2, 0.25) is 0 Å². The van der Waals surface area contributed by atoms with Crippen molar-refractivity contribution in [3.63, 3.8) is 0 Å². The maximum Gasteiger partial charge on any atom is 0.490 e. The highest BCUT2D eigenvalue weighted by Crippen LogP contribution is 2.39. The van der Waals surface area contributed by atoms with Crippen LogP contribution < -0.4 is 16.3 Å². The van der Waals surface area contributed by atoms with E-state index in [1.54, 1.807) is 31.3 Å². The fourth-order valence-electron chi connectivity index (χ4n) is 4.54. The number of benzene rings is 1. The van der Waals surface area contributed by atoms with Crippen molar-refractivity contribution in [2.45, 2.75) is 32.7 Å². The van der Waals surface area contributed by atoms with Gasteiger partial charge < -0.3 is 24.8 Å². The van der Waals surface area contributed by atoms with Gasteiger partial charge in [0.1, 0.15) is 17.3 Å². The number of nitrogens with zero attached hydrogens (tertiary/aromatic N) is 6. The number of amides is 1. The SMILES string of the molecule is Cc1cc(N=c2ncc3cc(-c4cc(NC(=O)c5cc(C(F)(F)F)ccn5)ccc4C)c4n(c-3n2)CCN4)on1.O=C(O)C(F)(F)F. The summed E-state index contributed by atoms with van der Waals surface area (Å²) < 4.78 is 78.2. The molecule has 3 aliphatic heterocycles. The highest BCUT2D eigenvalue weighted by atomic mass is 19.4. The molecule has 6 rings (SSSR count). The number of aromatic nitrogens is 5. The number of carboxylic acids is 1. The maximum absolute atomic E-state index is 13.1. The van der Waals surface area contributed by atoms with Gasteiger partial charge in [0.05, 0.1) is 11.3 Å². The van der Waals surface area contributed by atoms with Gasteiger partial charge in [0.15, 0.2) is 0 Å². The van der Waals surface area contributed by atoms with Crippen molar-refractivity contribution < 1.29 is 45.6 Å². The van der Waals surface area contributed by atoms with Gasteiger partial charge in [-0.05, 0) is 55.3 Å². The monoisotopic (exact) mass is 660 g/mol. The quantitative estimate of drug-likeness (QED) is 0.208. The van der Waals surface area contributed by atoms with E-state index in [-0.39, 0.29) is 11.3 Å². The van der Waals surface area contributed by atoms with Gasteiger partial charge >= 0.3 is 18.3 Å². The molecule has 0 aliphatic carbocycles. The second-order valence-electron chi connectivity index (χ2n) is 10.1. The van der Waals surface area contributed by atoms with E-state index < -0.39 is 29.8 Å². The van der Waals surface area contributed by atoms with E-state index in [0.717, 1.165) is 46.4 Å². The fraction of sp³-hybridized carbons (Fsp3) is 0.207. The molecule has 1 amide bonds. The average molecular weight is 661 g/mol. The first-order valence-corrected chi connectivity index (χ1v) is 13.5. The summed E-state index contributed by atoms with van der Waals surface area (Å²) >= 11 is 0. The van der Waals surface area contributed by atoms with Crippen molar-refractivity contribution in [2.24, 2.45) is 4.99 Å². The molecule has 0 saturated heterocycles. The number of aliphatic carboxylic acids is 1. The molecule has 0 radical (unpaired) electrons. The Kier molecular flexibility index (Phi) is 8.68. The molecule has 3 N–H and O–H groups in total. The van der Waals surface area contributed by atoms with E-state index in [1.807, 2.05) is 23.6 Å². The molecule has 3 aliphatic rings. The van der Waals surface area contributed by atoms with Crippen LogP contribution in [-0.4, -0.2) is 54.4 Å². The van der Waals surface area contributed by atoms with E-state index in [1.165, 1.54) is 0 Å². The van der Waals surface area contributed by atoms with Crippen LogP contribution in [0.1, 0.15) is 27.3 Å². The summed E-state index contributed by atoms with van der Waals surface area (Å²) in [5.74, 6) is -1.68. The lowest BCUT2D eigenvalue weighted by Crippen LogP contribution is -2.21. The molecule has 0 bridgehead atoms. The van der Waals surface area contributed by atoms with Gasteiger partial charge in [0, 0.05) is 48.4 Å². The summed E-state index contributed by atoms with van der Waals surface area (Å²) in [6.45, 7) is 5.07. The van der Waals surface area contributed by atoms with E-state index >= 15 is 0 Å². The predicted molar refractivity (Wildman–Crippen MR) is 153 cm³/mol. The van der Waals surface area contributed by atoms with Crippen molar-refractivity contribution in [3.05, 3.63) is 83.0 Å². The summed E-state index contributed by atoms with van der Waals surface area (Å²) in [6.07, 6.45) is -7.02. The molecule has 47 heavy (non-hydrogen) atoms. The topological polar surface area (TPSA) is 160 Å². The first-order valence-electron chi connectivity index (χ1n) is 13.5. The van der Waals surface area contributed by atoms with Crippen LogP contribution >= 0.6 is 0 Å². The Morgan fingerprint density at radius 2 is 1.77 bits per heavy atom. The van der Waals surface area contributed by atoms with Gasteiger partial charge in [-0.15, -0.1) is 0 Å². The minimum absolute atomic E-state index is 0.238. The minimum Gasteiger partial charge on any atom is -0.475 e. The van der Waals surface area contributed by atoms with E-state index in [0.29, 0.717) is 36.2 Å². The molecule has 0 unspecified atom stereocenters. The number of aryl methyl sites for hydroxylation is 2. The van der Waals surface area contributed by atoms with Gasteiger partial charge in [0.2, 0.25) is 0 Å². The summed E-state index contributed by atoms with van der Waals surface area (Å²) in [7, 11) is 0. The molecule has 0 saturated carbocycles. The number of carboxylic acid groups (broad SMARTS) is 1. The van der Waals surface area contributed by atoms with E-state index in [4.69, 9.17) is 14.4 Å². The Hall–Kier alpha value is -5.81. The number of pyridine rings is 2. The molecular formula is C29H22F6N8O4. The fourth-order valence-corrected chi connectivity index (χ4v) is 4.54. The smallest absolute Gasteiger partial charge is 0.475 e. The average Bonchev–Trinajstić information content (AvgIpc) is 3.67. The first-order chi connectivity index (χ1) is 22.1. The number of anilines is 2. The second-order valence-corrected chi connectivity index (χ2v) is 10.1. The standard InChI is InChI=1S/C27H21F3N8O2.C2HF3O2/c1-14-3-4-18(34-25(39)21-11-17(5-6-31-21)27(28,29)30)12-19(14)20-10-16-13-33-26(35-22-9-15(2)37-40-22)36-23(16)38-8-7-32-24(20)38;3-2(4,5)1(6)7/h3-6,9-13,32H,7-8H2,1-2H3,(H,34,39);(H,6,7). The summed E-state index contributed by atoms with van der Waals surface area (Å²) in [6, 6.07) is 10.5. The van der Waals surface area contributed by atoms with Gasteiger partial charge in [-0.3, -0.25) is 9.78 Å². The number of fused-ring (bicyclic) bond motifs is 3. The number of carbonyl (C=O) groups excluding carboxylic acids is 1. The summed E-state index contributed by atoms with van der Waals surface area (Å²) in [4.78, 5) is 38.8. The third-order valence-electron chi connectivity index (χ3n) is 6.67. The Labute approximate surface area is 260 Å². The number of rotatable bonds is 4. The van der Waals surface area contributed by atoms with Crippen LogP contribution in [0.4, 0.5) is 43.7 Å². The Morgan fingerprint density at radius 1 is 1.02 bits per heavy atom.